The summed E-state index contributed by atoms with van der Waals surface area (Å²) in [5.74, 6) is 0. The maximum Gasteiger partial charge on any atom is 0.0344 e. The summed E-state index contributed by atoms with van der Waals surface area (Å²) in [6, 6.07) is 0. The van der Waals surface area contributed by atoms with Crippen molar-refractivity contribution in [2.45, 2.75) is 13.8 Å². The molecule has 0 saturated heterocycles. The standard InChI is InChI=1S/C10H16N2/c1-5-9(8(4)11)7(3)10(12)6-2/h5-6H,1-2,11-12H2,3-4H3/b9-8-,10-7-. The maximum atomic E-state index is 5.65. The van der Waals surface area contributed by atoms with Gasteiger partial charge in [-0.1, -0.05) is 19.2 Å². The van der Waals surface area contributed by atoms with Gasteiger partial charge in [-0.15, -0.1) is 0 Å². The van der Waals surface area contributed by atoms with Gasteiger partial charge in [0.1, 0.15) is 0 Å². The van der Waals surface area contributed by atoms with E-state index in [1.807, 2.05) is 13.8 Å². The van der Waals surface area contributed by atoms with E-state index >= 15 is 0 Å². The van der Waals surface area contributed by atoms with Gasteiger partial charge in [0.05, 0.1) is 0 Å². The molecule has 0 amide bonds. The zero-order chi connectivity index (χ0) is 9.72. The van der Waals surface area contributed by atoms with Crippen molar-refractivity contribution >= 4 is 0 Å². The highest BCUT2D eigenvalue weighted by atomic mass is 14.6. The molecule has 2 nitrogen and oxygen atoms in total. The largest absolute Gasteiger partial charge is 0.402 e. The summed E-state index contributed by atoms with van der Waals surface area (Å²) in [6.45, 7) is 10.9. The van der Waals surface area contributed by atoms with Crippen molar-refractivity contribution in [3.05, 3.63) is 47.9 Å². The molecule has 0 spiro atoms. The zero-order valence-electron chi connectivity index (χ0n) is 7.72. The number of nitrogens with two attached hydrogens (primary N) is 2. The highest BCUT2D eigenvalue weighted by molar-refractivity contribution is 5.44. The Hall–Kier alpha value is -1.44. The summed E-state index contributed by atoms with van der Waals surface area (Å²) in [5.41, 5.74) is 14.4. The molecule has 2 heteroatoms. The van der Waals surface area contributed by atoms with Crippen LogP contribution < -0.4 is 11.5 Å². The lowest BCUT2D eigenvalue weighted by Gasteiger charge is -2.06. The van der Waals surface area contributed by atoms with Crippen LogP contribution in [0, 0.1) is 0 Å². The summed E-state index contributed by atoms with van der Waals surface area (Å²) < 4.78 is 0. The molecule has 0 heterocycles. The topological polar surface area (TPSA) is 52.0 Å². The number of allylic oxidation sites excluding steroid dienone is 5. The van der Waals surface area contributed by atoms with E-state index in [1.165, 1.54) is 0 Å². The van der Waals surface area contributed by atoms with Gasteiger partial charge in [0.25, 0.3) is 0 Å². The third-order valence-corrected chi connectivity index (χ3v) is 1.69. The van der Waals surface area contributed by atoms with Crippen LogP contribution in [0.15, 0.2) is 47.9 Å². The predicted octanol–water partition coefficient (Wildman–Crippen LogP) is 1.82. The molecule has 0 aliphatic carbocycles. The van der Waals surface area contributed by atoms with Crippen molar-refractivity contribution in [3.8, 4) is 0 Å². The van der Waals surface area contributed by atoms with Crippen LogP contribution in [0.1, 0.15) is 13.8 Å². The van der Waals surface area contributed by atoms with Crippen molar-refractivity contribution in [3.63, 3.8) is 0 Å². The van der Waals surface area contributed by atoms with E-state index in [2.05, 4.69) is 13.2 Å². The van der Waals surface area contributed by atoms with Crippen LogP contribution >= 0.6 is 0 Å². The molecule has 0 unspecified atom stereocenters. The Bertz CT molecular complexity index is 253. The van der Waals surface area contributed by atoms with E-state index in [0.717, 1.165) is 11.1 Å². The van der Waals surface area contributed by atoms with E-state index in [0.29, 0.717) is 11.4 Å². The first-order valence-corrected chi connectivity index (χ1v) is 3.72. The van der Waals surface area contributed by atoms with Crippen molar-refractivity contribution in [2.24, 2.45) is 11.5 Å². The molecule has 12 heavy (non-hydrogen) atoms. The highest BCUT2D eigenvalue weighted by Crippen LogP contribution is 2.14. The van der Waals surface area contributed by atoms with Gasteiger partial charge in [-0.05, 0) is 31.1 Å². The van der Waals surface area contributed by atoms with Gasteiger partial charge in [0, 0.05) is 11.4 Å². The fourth-order valence-electron chi connectivity index (χ4n) is 0.918. The molecule has 0 aromatic rings. The van der Waals surface area contributed by atoms with Gasteiger partial charge in [-0.3, -0.25) is 0 Å². The summed E-state index contributed by atoms with van der Waals surface area (Å²) in [6.07, 6.45) is 3.29. The van der Waals surface area contributed by atoms with E-state index in [4.69, 9.17) is 11.5 Å². The summed E-state index contributed by atoms with van der Waals surface area (Å²) in [5, 5.41) is 0. The van der Waals surface area contributed by atoms with Crippen LogP contribution in [0.4, 0.5) is 0 Å². The Balaban J connectivity index is 5.16. The summed E-state index contributed by atoms with van der Waals surface area (Å²) in [4.78, 5) is 0. The number of rotatable bonds is 3. The Morgan fingerprint density at radius 2 is 1.58 bits per heavy atom. The van der Waals surface area contributed by atoms with E-state index in [-0.39, 0.29) is 0 Å². The molecule has 0 saturated carbocycles. The first kappa shape index (κ1) is 10.6. The third kappa shape index (κ3) is 2.31. The molecule has 0 aromatic heterocycles. The molecule has 0 rings (SSSR count). The molecule has 0 bridgehead atoms. The lowest BCUT2D eigenvalue weighted by atomic mass is 10.0. The van der Waals surface area contributed by atoms with Crippen LogP contribution in [0.3, 0.4) is 0 Å². The summed E-state index contributed by atoms with van der Waals surface area (Å²) >= 11 is 0. The van der Waals surface area contributed by atoms with Gasteiger partial charge < -0.3 is 11.5 Å². The van der Waals surface area contributed by atoms with Gasteiger partial charge in [-0.2, -0.15) is 0 Å². The molecule has 0 radical (unpaired) electrons. The van der Waals surface area contributed by atoms with Crippen LogP contribution in [-0.4, -0.2) is 0 Å². The molecule has 0 fully saturated rings. The Morgan fingerprint density at radius 1 is 1.08 bits per heavy atom. The second-order valence-corrected chi connectivity index (χ2v) is 2.59. The lowest BCUT2D eigenvalue weighted by molar-refractivity contribution is 1.20. The van der Waals surface area contributed by atoms with Crippen molar-refractivity contribution in [1.82, 2.24) is 0 Å². The summed E-state index contributed by atoms with van der Waals surface area (Å²) in [7, 11) is 0. The van der Waals surface area contributed by atoms with Crippen LogP contribution in [-0.2, 0) is 0 Å². The SMILES string of the molecule is C=C/C(N)=C(C)/C(C=C)=C(/C)N. The predicted molar refractivity (Wildman–Crippen MR) is 54.2 cm³/mol. The van der Waals surface area contributed by atoms with Crippen molar-refractivity contribution < 1.29 is 0 Å². The van der Waals surface area contributed by atoms with Crippen molar-refractivity contribution in [1.29, 1.82) is 0 Å². The van der Waals surface area contributed by atoms with Gasteiger partial charge in [-0.25, -0.2) is 0 Å². The van der Waals surface area contributed by atoms with E-state index in [1.54, 1.807) is 12.2 Å². The zero-order valence-corrected chi connectivity index (χ0v) is 7.72. The smallest absolute Gasteiger partial charge is 0.0344 e. The number of hydrogen-bond donors (Lipinski definition) is 2. The fourth-order valence-corrected chi connectivity index (χ4v) is 0.918. The Kier molecular flexibility index (Phi) is 3.91. The highest BCUT2D eigenvalue weighted by Gasteiger charge is 2.00. The maximum absolute atomic E-state index is 5.65. The average molecular weight is 164 g/mol. The first-order valence-electron chi connectivity index (χ1n) is 3.72. The van der Waals surface area contributed by atoms with Gasteiger partial charge >= 0.3 is 0 Å². The van der Waals surface area contributed by atoms with Crippen molar-refractivity contribution in [2.75, 3.05) is 0 Å². The lowest BCUT2D eigenvalue weighted by Crippen LogP contribution is -2.03. The van der Waals surface area contributed by atoms with E-state index in [9.17, 15) is 0 Å². The second-order valence-electron chi connectivity index (χ2n) is 2.59. The second kappa shape index (κ2) is 4.44. The molecule has 66 valence electrons. The molecular formula is C10H16N2. The number of hydrogen-bond acceptors (Lipinski definition) is 2. The van der Waals surface area contributed by atoms with Gasteiger partial charge in [0.15, 0.2) is 0 Å². The normalized spacial score (nSPS) is 14.5. The quantitative estimate of drug-likeness (QED) is 0.625. The van der Waals surface area contributed by atoms with Crippen LogP contribution in [0.5, 0.6) is 0 Å². The molecule has 4 N–H and O–H groups in total. The molecule has 0 aliphatic rings. The molecular weight excluding hydrogens is 148 g/mol. The minimum Gasteiger partial charge on any atom is -0.402 e. The van der Waals surface area contributed by atoms with Crippen LogP contribution in [0.2, 0.25) is 0 Å². The molecule has 0 atom stereocenters. The Morgan fingerprint density at radius 3 is 1.83 bits per heavy atom. The minimum atomic E-state index is 0.634. The Labute approximate surface area is 73.9 Å². The average Bonchev–Trinajstić information content (AvgIpc) is 2.03. The molecule has 0 aliphatic heterocycles. The van der Waals surface area contributed by atoms with Gasteiger partial charge in [0.2, 0.25) is 0 Å². The van der Waals surface area contributed by atoms with Crippen LogP contribution in [0.25, 0.3) is 0 Å². The third-order valence-electron chi connectivity index (χ3n) is 1.69. The first-order chi connectivity index (χ1) is 5.54. The fraction of sp³-hybridized carbons (Fsp3) is 0.200. The minimum absolute atomic E-state index is 0.634. The monoisotopic (exact) mass is 164 g/mol. The molecule has 0 aromatic carbocycles. The van der Waals surface area contributed by atoms with E-state index < -0.39 is 0 Å².